The number of aliphatic hydroxyl groups is 1. The number of nitrogens with zero attached hydrogens (tertiary/aromatic N) is 3. The van der Waals surface area contributed by atoms with Gasteiger partial charge in [-0.1, -0.05) is 53.6 Å². The first-order chi connectivity index (χ1) is 18.4. The van der Waals surface area contributed by atoms with Gasteiger partial charge in [-0.05, 0) is 53.4 Å². The molecule has 0 spiro atoms. The van der Waals surface area contributed by atoms with E-state index in [-0.39, 0.29) is 13.2 Å². The van der Waals surface area contributed by atoms with Gasteiger partial charge in [-0.25, -0.2) is 4.98 Å². The van der Waals surface area contributed by atoms with Crippen molar-refractivity contribution in [3.05, 3.63) is 123 Å². The van der Waals surface area contributed by atoms with Gasteiger partial charge >= 0.3 is 0 Å². The molecular weight excluding hydrogens is 541 g/mol. The lowest BCUT2D eigenvalue weighted by atomic mass is 9.94. The molecule has 0 saturated carbocycles. The fraction of sp³-hybridized carbons (Fsp3) is 0.233. The summed E-state index contributed by atoms with van der Waals surface area (Å²) in [5, 5.41) is 13.5. The van der Waals surface area contributed by atoms with Crippen molar-refractivity contribution >= 4 is 29.3 Å². The van der Waals surface area contributed by atoms with Gasteiger partial charge in [0.15, 0.2) is 11.6 Å². The SMILES string of the molecule is OC(COc1ccc2c(c1)CCN(C/C=C/c1ccc(Cl)cc1)C2)(Cn1ccnc1)c1ccc([ClH+])cc1Cl. The van der Waals surface area contributed by atoms with Crippen LogP contribution in [0.5, 0.6) is 5.75 Å². The molecule has 4 aromatic rings. The van der Waals surface area contributed by atoms with Crippen molar-refractivity contribution in [2.75, 3.05) is 19.7 Å². The molecule has 1 aliphatic heterocycles. The van der Waals surface area contributed by atoms with Gasteiger partial charge in [0.1, 0.15) is 18.0 Å². The van der Waals surface area contributed by atoms with E-state index in [1.54, 1.807) is 36.9 Å². The maximum Gasteiger partial charge on any atom is 0.227 e. The molecular formula is C30H29Cl3N3O2+. The number of hydrogen-bond donors (Lipinski definition) is 1. The van der Waals surface area contributed by atoms with E-state index < -0.39 is 5.60 Å². The van der Waals surface area contributed by atoms with Crippen molar-refractivity contribution in [3.63, 3.8) is 0 Å². The molecule has 0 aliphatic carbocycles. The second-order valence-corrected chi connectivity index (χ2v) is 10.9. The molecule has 0 amide bonds. The zero-order valence-corrected chi connectivity index (χ0v) is 23.1. The lowest BCUT2D eigenvalue weighted by Crippen LogP contribution is -2.38. The van der Waals surface area contributed by atoms with Crippen molar-refractivity contribution < 1.29 is 21.4 Å². The molecule has 1 unspecified atom stereocenters. The second-order valence-electron chi connectivity index (χ2n) is 9.57. The Kier molecular flexibility index (Phi) is 8.42. The fourth-order valence-electron chi connectivity index (χ4n) is 4.71. The van der Waals surface area contributed by atoms with Crippen LogP contribution < -0.4 is 4.74 Å². The summed E-state index contributed by atoms with van der Waals surface area (Å²) in [6, 6.07) is 19.2. The monoisotopic (exact) mass is 568 g/mol. The zero-order chi connectivity index (χ0) is 26.5. The summed E-state index contributed by atoms with van der Waals surface area (Å²) >= 11 is 17.7. The van der Waals surface area contributed by atoms with Crippen LogP contribution in [0, 0.1) is 11.6 Å². The van der Waals surface area contributed by atoms with Gasteiger partial charge in [-0.15, -0.1) is 0 Å². The van der Waals surface area contributed by atoms with Gasteiger partial charge in [0.25, 0.3) is 0 Å². The maximum absolute atomic E-state index is 11.7. The van der Waals surface area contributed by atoms with Gasteiger partial charge in [-0.3, -0.25) is 4.90 Å². The van der Waals surface area contributed by atoms with Gasteiger partial charge in [0.05, 0.1) is 17.9 Å². The number of benzene rings is 3. The summed E-state index contributed by atoms with van der Waals surface area (Å²) in [5.74, 6) is 0.722. The Hall–Kier alpha value is -2.80. The summed E-state index contributed by atoms with van der Waals surface area (Å²) in [7, 11) is 0. The average molecular weight is 570 g/mol. The molecule has 0 fully saturated rings. The normalized spacial score (nSPS) is 15.4. The Labute approximate surface area is 237 Å². The van der Waals surface area contributed by atoms with E-state index in [1.807, 2.05) is 34.9 Å². The highest BCUT2D eigenvalue weighted by atomic mass is 35.5. The Morgan fingerprint density at radius 1 is 1.05 bits per heavy atom. The van der Waals surface area contributed by atoms with E-state index in [4.69, 9.17) is 39.5 Å². The molecule has 38 heavy (non-hydrogen) atoms. The van der Waals surface area contributed by atoms with Crippen molar-refractivity contribution in [2.45, 2.75) is 25.1 Å². The highest BCUT2D eigenvalue weighted by Gasteiger charge is 2.34. The average Bonchev–Trinajstić information content (AvgIpc) is 3.41. The van der Waals surface area contributed by atoms with Crippen LogP contribution in [0.25, 0.3) is 6.08 Å². The van der Waals surface area contributed by atoms with Crippen LogP contribution in [0.1, 0.15) is 22.3 Å². The van der Waals surface area contributed by atoms with E-state index in [0.29, 0.717) is 15.6 Å². The number of aromatic nitrogens is 2. The predicted octanol–water partition coefficient (Wildman–Crippen LogP) is 5.92. The van der Waals surface area contributed by atoms with E-state index in [0.717, 1.165) is 42.4 Å². The summed E-state index contributed by atoms with van der Waals surface area (Å²) < 4.78 is 7.98. The molecule has 5 rings (SSSR count). The molecule has 1 aromatic heterocycles. The molecule has 1 atom stereocenters. The van der Waals surface area contributed by atoms with Gasteiger partial charge in [-0.2, -0.15) is 0 Å². The predicted molar refractivity (Wildman–Crippen MR) is 150 cm³/mol. The topological polar surface area (TPSA) is 50.5 Å². The van der Waals surface area contributed by atoms with Crippen molar-refractivity contribution in [2.24, 2.45) is 0 Å². The Bertz CT molecular complexity index is 1410. The Balaban J connectivity index is 1.24. The highest BCUT2D eigenvalue weighted by molar-refractivity contribution is 6.31. The van der Waals surface area contributed by atoms with E-state index in [2.05, 4.69) is 34.2 Å². The number of ether oxygens (including phenoxy) is 1. The summed E-state index contributed by atoms with van der Waals surface area (Å²) in [5.41, 5.74) is 2.90. The van der Waals surface area contributed by atoms with E-state index in [9.17, 15) is 5.11 Å². The minimum absolute atomic E-state index is 0.0298. The molecule has 5 nitrogen and oxygen atoms in total. The van der Waals surface area contributed by atoms with Crippen LogP contribution in [-0.2, 0) is 25.1 Å². The standard InChI is InChI=1S/C30H29Cl3N3O2/c31-25-6-3-22(4-7-25)2-1-13-35-14-11-23-16-27(9-5-24(23)18-35)38-20-30(37,19-36-15-12-34-21-36)28-10-8-26(32)17-29(28)33/h1-10,12,15-17,21,32,37H,11,13-14,18-20H2/q+1/b2-1+. The summed E-state index contributed by atoms with van der Waals surface area (Å²) in [4.78, 5) is 6.52. The van der Waals surface area contributed by atoms with Crippen molar-refractivity contribution in [1.29, 1.82) is 0 Å². The number of fused-ring (bicyclic) bond motifs is 1. The number of rotatable bonds is 9. The molecule has 0 saturated heterocycles. The smallest absolute Gasteiger partial charge is 0.227 e. The third kappa shape index (κ3) is 6.60. The molecule has 0 bridgehead atoms. The highest BCUT2D eigenvalue weighted by Crippen LogP contribution is 2.33. The molecule has 1 N–H and O–H groups in total. The minimum atomic E-state index is -1.37. The Morgan fingerprint density at radius 2 is 1.89 bits per heavy atom. The van der Waals surface area contributed by atoms with Gasteiger partial charge < -0.3 is 14.4 Å². The van der Waals surface area contributed by atoms with Crippen LogP contribution in [-0.4, -0.2) is 39.3 Å². The lowest BCUT2D eigenvalue weighted by Gasteiger charge is -2.31. The molecule has 8 heteroatoms. The van der Waals surface area contributed by atoms with Crippen LogP contribution in [0.2, 0.25) is 15.1 Å². The number of hydrogen-bond acceptors (Lipinski definition) is 4. The molecule has 2 heterocycles. The summed E-state index contributed by atoms with van der Waals surface area (Å²) in [6.45, 7) is 3.00. The van der Waals surface area contributed by atoms with Crippen LogP contribution in [0.4, 0.5) is 0 Å². The second kappa shape index (κ2) is 11.9. The zero-order valence-electron chi connectivity index (χ0n) is 20.8. The first kappa shape index (κ1) is 26.8. The van der Waals surface area contributed by atoms with Crippen molar-refractivity contribution in [1.82, 2.24) is 14.5 Å². The molecule has 1 aliphatic rings. The van der Waals surface area contributed by atoms with Gasteiger partial charge in [0, 0.05) is 54.7 Å². The van der Waals surface area contributed by atoms with E-state index in [1.165, 1.54) is 11.1 Å². The lowest BCUT2D eigenvalue weighted by molar-refractivity contribution is -0.288. The third-order valence-electron chi connectivity index (χ3n) is 6.74. The first-order valence-electron chi connectivity index (χ1n) is 12.4. The number of halogens is 3. The third-order valence-corrected chi connectivity index (χ3v) is 7.55. The van der Waals surface area contributed by atoms with Crippen molar-refractivity contribution in [3.8, 4) is 5.75 Å². The largest absolute Gasteiger partial charge is 0.490 e. The van der Waals surface area contributed by atoms with Crippen LogP contribution >= 0.6 is 23.2 Å². The van der Waals surface area contributed by atoms with E-state index >= 15 is 0 Å². The van der Waals surface area contributed by atoms with Gasteiger partial charge in [0.2, 0.25) is 5.02 Å². The first-order valence-corrected chi connectivity index (χ1v) is 13.6. The molecule has 3 aromatic carbocycles. The quantitative estimate of drug-likeness (QED) is 0.272. The molecule has 196 valence electrons. The summed E-state index contributed by atoms with van der Waals surface area (Å²) in [6.07, 6.45) is 10.4. The number of imidazole rings is 1. The fourth-order valence-corrected chi connectivity index (χ4v) is 5.44. The Morgan fingerprint density at radius 3 is 2.66 bits per heavy atom. The molecule has 0 radical (unpaired) electrons. The van der Waals surface area contributed by atoms with Crippen LogP contribution in [0.3, 0.4) is 0 Å². The van der Waals surface area contributed by atoms with Crippen LogP contribution in [0.15, 0.2) is 85.5 Å². The minimum Gasteiger partial charge on any atom is -0.490 e. The maximum atomic E-state index is 11.7.